The van der Waals surface area contributed by atoms with Crippen LogP contribution in [0.1, 0.15) is 89.9 Å². The number of nitrogens with one attached hydrogen (secondary N) is 2. The van der Waals surface area contributed by atoms with E-state index in [1.165, 1.54) is 4.90 Å². The number of nitrogens with zero attached hydrogens (tertiary/aromatic N) is 5. The Balaban J connectivity index is 1.28. The molecule has 13 nitrogen and oxygen atoms in total. The number of hydrogen-bond acceptors (Lipinski definition) is 9. The van der Waals surface area contributed by atoms with Gasteiger partial charge in [0.15, 0.2) is 5.82 Å². The molecule has 2 aliphatic heterocycles. The second kappa shape index (κ2) is 15.7. The maximum Gasteiger partial charge on any atom is 0.408 e. The number of tetrazole rings is 1. The topological polar surface area (TPSA) is 158 Å². The molecule has 6 rings (SSSR count). The van der Waals surface area contributed by atoms with Gasteiger partial charge in [-0.05, 0) is 86.9 Å². The van der Waals surface area contributed by atoms with Gasteiger partial charge in [0, 0.05) is 18.4 Å². The van der Waals surface area contributed by atoms with Gasteiger partial charge < -0.3 is 25.0 Å². The second-order valence-electron chi connectivity index (χ2n) is 15.0. The molecule has 52 heavy (non-hydrogen) atoms. The van der Waals surface area contributed by atoms with Gasteiger partial charge in [-0.2, -0.15) is 0 Å². The molecular formula is C39H49N7O6. The van der Waals surface area contributed by atoms with E-state index in [-0.39, 0.29) is 25.5 Å². The fourth-order valence-electron chi connectivity index (χ4n) is 7.21. The number of benzene rings is 2. The molecule has 3 aliphatic rings. The van der Waals surface area contributed by atoms with Crippen LogP contribution in [0, 0.1) is 5.92 Å². The summed E-state index contributed by atoms with van der Waals surface area (Å²) in [6, 6.07) is 16.4. The molecule has 2 N–H and O–H groups in total. The molecule has 5 atom stereocenters. The van der Waals surface area contributed by atoms with E-state index in [0.717, 1.165) is 36.0 Å². The van der Waals surface area contributed by atoms with Crippen molar-refractivity contribution in [2.45, 2.75) is 108 Å². The van der Waals surface area contributed by atoms with Gasteiger partial charge in [-0.3, -0.25) is 9.59 Å². The van der Waals surface area contributed by atoms with Crippen molar-refractivity contribution in [2.24, 2.45) is 5.92 Å². The summed E-state index contributed by atoms with van der Waals surface area (Å²) in [7, 11) is 0. The summed E-state index contributed by atoms with van der Waals surface area (Å²) in [5, 5.41) is 18.4. The molecule has 1 aliphatic carbocycles. The molecule has 2 aromatic carbocycles. The Hall–Kier alpha value is -5.07. The highest BCUT2D eigenvalue weighted by atomic mass is 16.6. The minimum Gasteiger partial charge on any atom is -0.464 e. The van der Waals surface area contributed by atoms with Crippen LogP contribution < -0.4 is 10.6 Å². The lowest BCUT2D eigenvalue weighted by atomic mass is 10.0. The number of aromatic nitrogens is 4. The van der Waals surface area contributed by atoms with E-state index in [1.54, 1.807) is 32.4 Å². The number of alkyl carbamates (subject to hydrolysis) is 1. The van der Waals surface area contributed by atoms with Crippen molar-refractivity contribution in [3.05, 3.63) is 78.1 Å². The van der Waals surface area contributed by atoms with Crippen LogP contribution >= 0.6 is 0 Å². The first-order valence-electron chi connectivity index (χ1n) is 18.3. The summed E-state index contributed by atoms with van der Waals surface area (Å²) in [5.74, 6) is -1.40. The van der Waals surface area contributed by atoms with Gasteiger partial charge in [0.25, 0.3) is 0 Å². The molecule has 1 aromatic heterocycles. The first-order chi connectivity index (χ1) is 25.0. The standard InChI is InChI=1S/C39H49N7O6/c1-5-51-36(49)39-23-30(39)16-12-7-6-8-13-17-31(40-37(50)52-38(2,3)4)35(48)45-25-29(22-32(45)34(47)41-39)33-42-43-44-46(33)24-26-18-20-28(21-19-26)27-14-10-9-11-15-27/h9-12,14-16,18-21,29-32H,5-8,13,17,22-25H2,1-4H3,(H,40,50)(H,41,47)/b16-12-/t29-,30-,31+,32+,39-/m1/s1. The SMILES string of the molecule is CCOC(=O)[C@@]12C[C@H]1/C=C\CCCCC[C@H](NC(=O)OC(C)(C)C)C(=O)N1C[C@H](c3nnnn3Cc3ccc(-c4ccccc4)cc3)C[C@H]1C(=O)N2. The summed E-state index contributed by atoms with van der Waals surface area (Å²) >= 11 is 0. The Morgan fingerprint density at radius 1 is 1.02 bits per heavy atom. The maximum atomic E-state index is 14.5. The average Bonchev–Trinajstić information content (AvgIpc) is 3.39. The molecule has 0 spiro atoms. The lowest BCUT2D eigenvalue weighted by Crippen LogP contribution is -2.56. The highest BCUT2D eigenvalue weighted by Gasteiger charge is 2.62. The van der Waals surface area contributed by atoms with Crippen LogP contribution in [-0.2, 0) is 30.4 Å². The summed E-state index contributed by atoms with van der Waals surface area (Å²) in [6.07, 6.45) is 7.55. The van der Waals surface area contributed by atoms with Crippen LogP contribution in [0.5, 0.6) is 0 Å². The molecule has 3 heterocycles. The Morgan fingerprint density at radius 3 is 2.50 bits per heavy atom. The van der Waals surface area contributed by atoms with Gasteiger partial charge in [-0.1, -0.05) is 79.6 Å². The van der Waals surface area contributed by atoms with E-state index in [4.69, 9.17) is 9.47 Å². The minimum absolute atomic E-state index is 0.145. The number of fused-ring (bicyclic) bond motifs is 2. The first kappa shape index (κ1) is 36.7. The predicted molar refractivity (Wildman–Crippen MR) is 193 cm³/mol. The van der Waals surface area contributed by atoms with Crippen molar-refractivity contribution in [3.63, 3.8) is 0 Å². The number of allylic oxidation sites excluding steroid dienone is 1. The number of esters is 1. The van der Waals surface area contributed by atoms with Crippen molar-refractivity contribution in [1.82, 2.24) is 35.7 Å². The normalized spacial score (nSPS) is 25.8. The van der Waals surface area contributed by atoms with E-state index >= 15 is 0 Å². The molecule has 0 unspecified atom stereocenters. The number of carbonyl (C=O) groups is 4. The number of carbonyl (C=O) groups excluding carboxylic acids is 4. The van der Waals surface area contributed by atoms with Gasteiger partial charge in [0.2, 0.25) is 11.8 Å². The van der Waals surface area contributed by atoms with Crippen LogP contribution in [0.2, 0.25) is 0 Å². The van der Waals surface area contributed by atoms with E-state index < -0.39 is 53.0 Å². The monoisotopic (exact) mass is 711 g/mol. The van der Waals surface area contributed by atoms with E-state index in [2.05, 4.69) is 50.4 Å². The van der Waals surface area contributed by atoms with E-state index in [1.807, 2.05) is 42.5 Å². The molecule has 0 radical (unpaired) electrons. The molecular weight excluding hydrogens is 662 g/mol. The molecule has 0 bridgehead atoms. The van der Waals surface area contributed by atoms with E-state index in [9.17, 15) is 19.2 Å². The zero-order chi connectivity index (χ0) is 36.9. The molecule has 13 heteroatoms. The Bertz CT molecular complexity index is 1770. The fourth-order valence-corrected chi connectivity index (χ4v) is 7.21. The van der Waals surface area contributed by atoms with Gasteiger partial charge in [0.1, 0.15) is 23.2 Å². The lowest BCUT2D eigenvalue weighted by Gasteiger charge is -2.30. The van der Waals surface area contributed by atoms with Crippen LogP contribution in [0.4, 0.5) is 4.79 Å². The highest BCUT2D eigenvalue weighted by Crippen LogP contribution is 2.46. The second-order valence-corrected chi connectivity index (χ2v) is 15.0. The third-order valence-electron chi connectivity index (χ3n) is 9.93. The summed E-state index contributed by atoms with van der Waals surface area (Å²) in [4.78, 5) is 56.5. The minimum atomic E-state index is -1.20. The number of amides is 3. The lowest BCUT2D eigenvalue weighted by molar-refractivity contribution is -0.150. The summed E-state index contributed by atoms with van der Waals surface area (Å²) < 4.78 is 12.6. The molecule has 276 valence electrons. The highest BCUT2D eigenvalue weighted by molar-refractivity contribution is 5.96. The Kier molecular flexibility index (Phi) is 11.1. The quantitative estimate of drug-likeness (QED) is 0.256. The van der Waals surface area contributed by atoms with Gasteiger partial charge in [-0.25, -0.2) is 14.3 Å². The van der Waals surface area contributed by atoms with Gasteiger partial charge >= 0.3 is 12.1 Å². The van der Waals surface area contributed by atoms with Crippen molar-refractivity contribution in [3.8, 4) is 11.1 Å². The van der Waals surface area contributed by atoms with Crippen molar-refractivity contribution in [2.75, 3.05) is 13.2 Å². The van der Waals surface area contributed by atoms with Crippen molar-refractivity contribution >= 4 is 23.9 Å². The maximum absolute atomic E-state index is 14.5. The van der Waals surface area contributed by atoms with Crippen molar-refractivity contribution < 1.29 is 28.7 Å². The molecule has 3 amide bonds. The smallest absolute Gasteiger partial charge is 0.408 e. The van der Waals surface area contributed by atoms with Gasteiger partial charge in [0.05, 0.1) is 13.2 Å². The largest absolute Gasteiger partial charge is 0.464 e. The molecule has 1 saturated carbocycles. The van der Waals surface area contributed by atoms with Crippen molar-refractivity contribution in [1.29, 1.82) is 0 Å². The van der Waals surface area contributed by atoms with Crippen LogP contribution in [0.15, 0.2) is 66.7 Å². The Morgan fingerprint density at radius 2 is 1.77 bits per heavy atom. The van der Waals surface area contributed by atoms with Crippen LogP contribution in [-0.4, -0.2) is 85.4 Å². The molecule has 1 saturated heterocycles. The fraction of sp³-hybridized carbons (Fsp3) is 0.513. The zero-order valence-corrected chi connectivity index (χ0v) is 30.4. The number of ether oxygens (including phenoxy) is 2. The average molecular weight is 712 g/mol. The molecule has 2 fully saturated rings. The van der Waals surface area contributed by atoms with Crippen LogP contribution in [0.3, 0.4) is 0 Å². The predicted octanol–water partition coefficient (Wildman–Crippen LogP) is 4.92. The molecule has 3 aromatic rings. The summed E-state index contributed by atoms with van der Waals surface area (Å²) in [6.45, 7) is 7.73. The van der Waals surface area contributed by atoms with E-state index in [0.29, 0.717) is 31.6 Å². The van der Waals surface area contributed by atoms with Gasteiger partial charge in [-0.15, -0.1) is 5.10 Å². The van der Waals surface area contributed by atoms with Crippen LogP contribution in [0.25, 0.3) is 11.1 Å². The number of hydrogen-bond donors (Lipinski definition) is 2. The summed E-state index contributed by atoms with van der Waals surface area (Å²) in [5.41, 5.74) is 1.24. The first-order valence-corrected chi connectivity index (χ1v) is 18.3. The third kappa shape index (κ3) is 8.51. The third-order valence-corrected chi connectivity index (χ3v) is 9.93. The Labute approximate surface area is 304 Å². The zero-order valence-electron chi connectivity index (χ0n) is 30.4. The number of rotatable bonds is 7.